The van der Waals surface area contributed by atoms with E-state index in [1.807, 2.05) is 30.3 Å². The lowest BCUT2D eigenvalue weighted by Crippen LogP contribution is -3.16. The highest BCUT2D eigenvalue weighted by Crippen LogP contribution is 2.21. The molecule has 1 N–H and O–H groups in total. The molecule has 0 aromatic heterocycles. The summed E-state index contributed by atoms with van der Waals surface area (Å²) in [5, 5.41) is 0. The first-order chi connectivity index (χ1) is 13.8. The number of nitrogens with zero attached hydrogens (tertiary/aromatic N) is 2. The van der Waals surface area contributed by atoms with Crippen LogP contribution in [-0.2, 0) is 4.79 Å². The summed E-state index contributed by atoms with van der Waals surface area (Å²) in [7, 11) is 1.69. The molecule has 0 spiro atoms. The van der Waals surface area contributed by atoms with Crippen LogP contribution in [0.15, 0.2) is 54.6 Å². The van der Waals surface area contributed by atoms with Gasteiger partial charge in [0.25, 0.3) is 5.91 Å². The molecule has 5 heteroatoms. The third kappa shape index (κ3) is 3.99. The average molecular weight is 381 g/mol. The van der Waals surface area contributed by atoms with E-state index in [9.17, 15) is 4.79 Å². The summed E-state index contributed by atoms with van der Waals surface area (Å²) >= 11 is 0. The van der Waals surface area contributed by atoms with Crippen LogP contribution in [0.5, 0.6) is 5.75 Å². The van der Waals surface area contributed by atoms with Crippen LogP contribution in [0.1, 0.15) is 24.4 Å². The summed E-state index contributed by atoms with van der Waals surface area (Å²) in [6.45, 7) is 5.66. The van der Waals surface area contributed by atoms with Crippen molar-refractivity contribution in [3.05, 3.63) is 60.2 Å². The lowest BCUT2D eigenvalue weighted by Gasteiger charge is -2.38. The fourth-order valence-electron chi connectivity index (χ4n) is 4.45. The van der Waals surface area contributed by atoms with Crippen LogP contribution in [0, 0.1) is 0 Å². The Morgan fingerprint density at radius 3 is 2.18 bits per heavy atom. The first-order valence-electron chi connectivity index (χ1n) is 10.3. The van der Waals surface area contributed by atoms with Crippen molar-refractivity contribution >= 4 is 11.6 Å². The minimum absolute atomic E-state index is 0.0858. The van der Waals surface area contributed by atoms with E-state index < -0.39 is 0 Å². The number of nitrogens with one attached hydrogen (secondary N) is 1. The molecule has 0 radical (unpaired) electrons. The molecule has 0 aliphatic carbocycles. The molecular weight excluding hydrogens is 350 g/mol. The molecule has 2 aliphatic heterocycles. The van der Waals surface area contributed by atoms with Gasteiger partial charge in [0.15, 0.2) is 6.04 Å². The van der Waals surface area contributed by atoms with Crippen molar-refractivity contribution in [2.45, 2.75) is 18.9 Å². The fraction of sp³-hybridized carbons (Fsp3) is 0.435. The summed E-state index contributed by atoms with van der Waals surface area (Å²) in [5.41, 5.74) is 2.37. The van der Waals surface area contributed by atoms with Crippen LogP contribution in [-0.4, -0.2) is 57.2 Å². The van der Waals surface area contributed by atoms with Crippen molar-refractivity contribution in [1.82, 2.24) is 4.90 Å². The van der Waals surface area contributed by atoms with Gasteiger partial charge in [0, 0.05) is 24.3 Å². The number of piperazine rings is 1. The molecular formula is C23H30N3O2+. The van der Waals surface area contributed by atoms with Crippen molar-refractivity contribution in [1.29, 1.82) is 0 Å². The molecule has 2 heterocycles. The van der Waals surface area contributed by atoms with Gasteiger partial charge < -0.3 is 19.4 Å². The van der Waals surface area contributed by atoms with Gasteiger partial charge in [-0.2, -0.15) is 0 Å². The van der Waals surface area contributed by atoms with Gasteiger partial charge in [-0.1, -0.05) is 30.3 Å². The quantitative estimate of drug-likeness (QED) is 0.859. The Morgan fingerprint density at radius 1 is 0.929 bits per heavy atom. The number of quaternary nitrogens is 1. The van der Waals surface area contributed by atoms with Gasteiger partial charge >= 0.3 is 0 Å². The van der Waals surface area contributed by atoms with Crippen molar-refractivity contribution in [2.24, 2.45) is 0 Å². The highest BCUT2D eigenvalue weighted by Gasteiger charge is 2.37. The molecule has 0 unspecified atom stereocenters. The molecule has 1 amide bonds. The second-order valence-corrected chi connectivity index (χ2v) is 7.72. The summed E-state index contributed by atoms with van der Waals surface area (Å²) < 4.78 is 5.26. The fourth-order valence-corrected chi connectivity index (χ4v) is 4.45. The van der Waals surface area contributed by atoms with E-state index in [-0.39, 0.29) is 6.04 Å². The number of carbonyl (C=O) groups excluding carboxylic acids is 1. The zero-order valence-electron chi connectivity index (χ0n) is 16.6. The average Bonchev–Trinajstić information content (AvgIpc) is 3.30. The minimum atomic E-state index is -0.0858. The summed E-state index contributed by atoms with van der Waals surface area (Å²) in [6.07, 6.45) is 2.27. The largest absolute Gasteiger partial charge is 0.497 e. The zero-order chi connectivity index (χ0) is 19.3. The molecule has 2 aromatic carbocycles. The number of methoxy groups -OCH3 is 1. The highest BCUT2D eigenvalue weighted by atomic mass is 16.5. The van der Waals surface area contributed by atoms with E-state index in [1.165, 1.54) is 10.6 Å². The van der Waals surface area contributed by atoms with E-state index in [4.69, 9.17) is 4.74 Å². The number of rotatable bonds is 5. The van der Waals surface area contributed by atoms with E-state index in [0.29, 0.717) is 5.91 Å². The van der Waals surface area contributed by atoms with Crippen LogP contribution in [0.4, 0.5) is 5.69 Å². The molecule has 2 saturated heterocycles. The molecule has 2 aromatic rings. The lowest BCUT2D eigenvalue weighted by molar-refractivity contribution is -0.922. The first kappa shape index (κ1) is 18.8. The van der Waals surface area contributed by atoms with Crippen LogP contribution in [0.3, 0.4) is 0 Å². The number of benzene rings is 2. The molecule has 5 nitrogen and oxygen atoms in total. The molecule has 2 fully saturated rings. The number of carbonyl (C=O) groups is 1. The molecule has 0 bridgehead atoms. The first-order valence-corrected chi connectivity index (χ1v) is 10.3. The SMILES string of the molecule is COc1ccc(N2CC[NH+]([C@H](C(=O)N3CCCC3)c3ccccc3)CC2)cc1. The van der Waals surface area contributed by atoms with E-state index in [1.54, 1.807) is 7.11 Å². The minimum Gasteiger partial charge on any atom is -0.497 e. The number of likely N-dealkylation sites (tertiary alicyclic amines) is 1. The third-order valence-corrected chi connectivity index (χ3v) is 6.05. The zero-order valence-corrected chi connectivity index (χ0v) is 16.6. The highest BCUT2D eigenvalue weighted by molar-refractivity contribution is 5.82. The Hall–Kier alpha value is -2.53. The topological polar surface area (TPSA) is 37.2 Å². The van der Waals surface area contributed by atoms with Crippen LogP contribution < -0.4 is 14.5 Å². The summed E-state index contributed by atoms with van der Waals surface area (Å²) in [6, 6.07) is 18.5. The Bertz CT molecular complexity index is 764. The number of hydrogen-bond donors (Lipinski definition) is 1. The molecule has 4 rings (SSSR count). The molecule has 28 heavy (non-hydrogen) atoms. The molecule has 1 atom stereocenters. The van der Waals surface area contributed by atoms with Gasteiger partial charge in [0.2, 0.25) is 0 Å². The standard InChI is InChI=1S/C23H29N3O2/c1-28-21-11-9-20(10-12-21)24-15-17-25(18-16-24)22(19-7-3-2-4-8-19)23(27)26-13-5-6-14-26/h2-4,7-12,22H,5-6,13-18H2,1H3/p+1/t22-/m0/s1. The van der Waals surface area contributed by atoms with Gasteiger partial charge in [0.1, 0.15) is 5.75 Å². The van der Waals surface area contributed by atoms with E-state index in [2.05, 4.69) is 34.1 Å². The number of anilines is 1. The maximum atomic E-state index is 13.3. The van der Waals surface area contributed by atoms with Crippen molar-refractivity contribution in [2.75, 3.05) is 51.3 Å². The molecule has 0 saturated carbocycles. The van der Waals surface area contributed by atoms with E-state index >= 15 is 0 Å². The van der Waals surface area contributed by atoms with Gasteiger partial charge in [-0.25, -0.2) is 0 Å². The Kier molecular flexibility index (Phi) is 5.81. The smallest absolute Gasteiger partial charge is 0.285 e. The predicted molar refractivity (Wildman–Crippen MR) is 111 cm³/mol. The predicted octanol–water partition coefficient (Wildman–Crippen LogP) is 1.76. The van der Waals surface area contributed by atoms with Crippen LogP contribution in [0.25, 0.3) is 0 Å². The van der Waals surface area contributed by atoms with Gasteiger partial charge in [0.05, 0.1) is 33.3 Å². The Labute approximate surface area is 167 Å². The van der Waals surface area contributed by atoms with Gasteiger partial charge in [-0.05, 0) is 37.1 Å². The lowest BCUT2D eigenvalue weighted by atomic mass is 10.0. The van der Waals surface area contributed by atoms with Crippen molar-refractivity contribution < 1.29 is 14.4 Å². The van der Waals surface area contributed by atoms with Gasteiger partial charge in [-0.3, -0.25) is 4.79 Å². The molecule has 148 valence electrons. The summed E-state index contributed by atoms with van der Waals surface area (Å²) in [4.78, 5) is 19.2. The summed E-state index contributed by atoms with van der Waals surface area (Å²) in [5.74, 6) is 1.19. The van der Waals surface area contributed by atoms with E-state index in [0.717, 1.165) is 63.4 Å². The maximum Gasteiger partial charge on any atom is 0.285 e. The van der Waals surface area contributed by atoms with Crippen molar-refractivity contribution in [3.63, 3.8) is 0 Å². The normalized spacial score (nSPS) is 18.9. The van der Waals surface area contributed by atoms with Crippen molar-refractivity contribution in [3.8, 4) is 5.75 Å². The number of hydrogen-bond acceptors (Lipinski definition) is 3. The molecule has 2 aliphatic rings. The van der Waals surface area contributed by atoms with Crippen LogP contribution >= 0.6 is 0 Å². The maximum absolute atomic E-state index is 13.3. The third-order valence-electron chi connectivity index (χ3n) is 6.05. The van der Waals surface area contributed by atoms with Crippen LogP contribution in [0.2, 0.25) is 0 Å². The second-order valence-electron chi connectivity index (χ2n) is 7.72. The number of amides is 1. The Balaban J connectivity index is 1.48. The number of ether oxygens (including phenoxy) is 1. The monoisotopic (exact) mass is 380 g/mol. The second kappa shape index (κ2) is 8.65. The van der Waals surface area contributed by atoms with Gasteiger partial charge in [-0.15, -0.1) is 0 Å². The Morgan fingerprint density at radius 2 is 1.57 bits per heavy atom.